The van der Waals surface area contributed by atoms with Crippen molar-refractivity contribution in [1.29, 1.82) is 5.26 Å². The minimum Gasteiger partial charge on any atom is -0.465 e. The molecule has 0 heterocycles. The van der Waals surface area contributed by atoms with Crippen molar-refractivity contribution in [2.24, 2.45) is 11.7 Å². The minimum absolute atomic E-state index is 0.0163. The van der Waals surface area contributed by atoms with Crippen LogP contribution >= 0.6 is 0 Å². The Labute approximate surface area is 125 Å². The molecule has 2 rings (SSSR count). The normalized spacial score (nSPS) is 25.0. The monoisotopic (exact) mass is 287 g/mol. The topological polar surface area (TPSA) is 90.4 Å². The van der Waals surface area contributed by atoms with Crippen LogP contribution in [-0.4, -0.2) is 28.2 Å². The van der Waals surface area contributed by atoms with Crippen LogP contribution in [0.3, 0.4) is 0 Å². The zero-order valence-electron chi connectivity index (χ0n) is 12.0. The molecule has 21 heavy (non-hydrogen) atoms. The third-order valence-electron chi connectivity index (χ3n) is 4.19. The van der Waals surface area contributed by atoms with E-state index in [-0.39, 0.29) is 18.0 Å². The highest BCUT2D eigenvalue weighted by Gasteiger charge is 2.35. The van der Waals surface area contributed by atoms with Crippen LogP contribution in [0.1, 0.15) is 31.2 Å². The Morgan fingerprint density at radius 3 is 2.71 bits per heavy atom. The molecule has 1 fully saturated rings. The average Bonchev–Trinajstić information content (AvgIpc) is 2.48. The third kappa shape index (κ3) is 3.96. The highest BCUT2D eigenvalue weighted by atomic mass is 16.4. The molecule has 1 aliphatic carbocycles. The maximum Gasteiger partial charge on any atom is 0.407 e. The molecule has 1 aromatic rings. The lowest BCUT2D eigenvalue weighted by Gasteiger charge is -2.40. The number of benzene rings is 1. The highest BCUT2D eigenvalue weighted by molar-refractivity contribution is 5.65. The predicted octanol–water partition coefficient (Wildman–Crippen LogP) is 2.58. The van der Waals surface area contributed by atoms with Crippen LogP contribution in [0.2, 0.25) is 0 Å². The summed E-state index contributed by atoms with van der Waals surface area (Å²) in [6.45, 7) is 0.343. The Bertz CT molecular complexity index is 512. The lowest BCUT2D eigenvalue weighted by atomic mass is 9.79. The van der Waals surface area contributed by atoms with Gasteiger partial charge in [-0.1, -0.05) is 30.3 Å². The van der Waals surface area contributed by atoms with E-state index in [1.54, 1.807) is 0 Å². The van der Waals surface area contributed by atoms with E-state index in [0.717, 1.165) is 18.4 Å². The van der Waals surface area contributed by atoms with E-state index in [0.29, 0.717) is 19.4 Å². The van der Waals surface area contributed by atoms with E-state index in [2.05, 4.69) is 6.07 Å². The van der Waals surface area contributed by atoms with Crippen molar-refractivity contribution in [2.45, 2.75) is 44.3 Å². The number of carboxylic acid groups (broad SMARTS) is 1. The largest absolute Gasteiger partial charge is 0.465 e. The third-order valence-corrected chi connectivity index (χ3v) is 4.19. The van der Waals surface area contributed by atoms with E-state index in [9.17, 15) is 9.90 Å². The smallest absolute Gasteiger partial charge is 0.407 e. The van der Waals surface area contributed by atoms with Crippen LogP contribution in [0, 0.1) is 17.2 Å². The molecule has 0 saturated heterocycles. The zero-order valence-corrected chi connectivity index (χ0v) is 12.0. The summed E-state index contributed by atoms with van der Waals surface area (Å²) < 4.78 is 0. The van der Waals surface area contributed by atoms with E-state index in [4.69, 9.17) is 11.0 Å². The van der Waals surface area contributed by atoms with Crippen LogP contribution < -0.4 is 5.73 Å². The van der Waals surface area contributed by atoms with Gasteiger partial charge in [-0.2, -0.15) is 5.26 Å². The Kier molecular flexibility index (Phi) is 5.18. The van der Waals surface area contributed by atoms with Gasteiger partial charge in [0.25, 0.3) is 0 Å². The second-order valence-corrected chi connectivity index (χ2v) is 5.66. The first-order valence-electron chi connectivity index (χ1n) is 7.28. The number of nitriles is 1. The summed E-state index contributed by atoms with van der Waals surface area (Å²) in [6, 6.07) is 11.6. The van der Waals surface area contributed by atoms with Crippen LogP contribution in [0.25, 0.3) is 0 Å². The quantitative estimate of drug-likeness (QED) is 0.890. The highest BCUT2D eigenvalue weighted by Crippen LogP contribution is 2.31. The van der Waals surface area contributed by atoms with E-state index < -0.39 is 6.09 Å². The van der Waals surface area contributed by atoms with Crippen molar-refractivity contribution >= 4 is 6.09 Å². The summed E-state index contributed by atoms with van der Waals surface area (Å²) in [5.41, 5.74) is 6.97. The fourth-order valence-electron chi connectivity index (χ4n) is 3.08. The number of nitrogens with zero attached hydrogens (tertiary/aromatic N) is 2. The van der Waals surface area contributed by atoms with Crippen molar-refractivity contribution in [3.8, 4) is 6.07 Å². The number of carbonyl (C=O) groups is 1. The van der Waals surface area contributed by atoms with Gasteiger partial charge in [-0.15, -0.1) is 0 Å². The SMILES string of the molecule is N#CC[C@H]1CC[C@H](N)C[C@H]1N(Cc1ccccc1)C(=O)O. The van der Waals surface area contributed by atoms with Crippen molar-refractivity contribution in [2.75, 3.05) is 0 Å². The zero-order chi connectivity index (χ0) is 15.2. The average molecular weight is 287 g/mol. The van der Waals surface area contributed by atoms with Gasteiger partial charge >= 0.3 is 6.09 Å². The summed E-state index contributed by atoms with van der Waals surface area (Å²) in [5.74, 6) is 0.0783. The lowest BCUT2D eigenvalue weighted by Crippen LogP contribution is -2.49. The Hall–Kier alpha value is -2.06. The molecule has 1 saturated carbocycles. The fourth-order valence-corrected chi connectivity index (χ4v) is 3.08. The number of nitrogens with two attached hydrogens (primary N) is 1. The summed E-state index contributed by atoms with van der Waals surface area (Å²) in [6.07, 6.45) is 1.75. The van der Waals surface area contributed by atoms with Crippen molar-refractivity contribution in [3.05, 3.63) is 35.9 Å². The molecule has 0 aromatic heterocycles. The van der Waals surface area contributed by atoms with Gasteiger partial charge < -0.3 is 15.7 Å². The lowest BCUT2D eigenvalue weighted by molar-refractivity contribution is 0.0772. The van der Waals surface area contributed by atoms with Gasteiger partial charge in [-0.05, 0) is 30.7 Å². The molecule has 5 nitrogen and oxygen atoms in total. The van der Waals surface area contributed by atoms with E-state index in [1.165, 1.54) is 4.90 Å². The molecule has 0 radical (unpaired) electrons. The number of hydrogen-bond donors (Lipinski definition) is 2. The molecule has 1 aromatic carbocycles. The standard InChI is InChI=1S/C16H21N3O2/c17-9-8-13-6-7-14(18)10-15(13)19(16(20)21)11-12-4-2-1-3-5-12/h1-5,13-15H,6-8,10-11,18H2,(H,20,21)/t13-,14+,15-/m1/s1. The molecule has 0 aliphatic heterocycles. The van der Waals surface area contributed by atoms with Crippen LogP contribution in [0.5, 0.6) is 0 Å². The van der Waals surface area contributed by atoms with Gasteiger partial charge in [0.2, 0.25) is 0 Å². The fraction of sp³-hybridized carbons (Fsp3) is 0.500. The Balaban J connectivity index is 2.18. The first-order valence-corrected chi connectivity index (χ1v) is 7.28. The molecule has 0 spiro atoms. The molecule has 0 unspecified atom stereocenters. The molecule has 1 amide bonds. The molecular formula is C16H21N3O2. The summed E-state index contributed by atoms with van der Waals surface area (Å²) >= 11 is 0. The van der Waals surface area contributed by atoms with E-state index >= 15 is 0 Å². The Morgan fingerprint density at radius 2 is 2.10 bits per heavy atom. The van der Waals surface area contributed by atoms with Crippen LogP contribution in [0.4, 0.5) is 4.79 Å². The number of hydrogen-bond acceptors (Lipinski definition) is 3. The molecule has 3 N–H and O–H groups in total. The second kappa shape index (κ2) is 7.09. The van der Waals surface area contributed by atoms with Gasteiger partial charge in [-0.25, -0.2) is 4.79 Å². The first-order chi connectivity index (χ1) is 10.1. The van der Waals surface area contributed by atoms with Crippen molar-refractivity contribution in [1.82, 2.24) is 4.90 Å². The van der Waals surface area contributed by atoms with Crippen molar-refractivity contribution in [3.63, 3.8) is 0 Å². The summed E-state index contributed by atoms with van der Waals surface area (Å²) in [4.78, 5) is 13.1. The first kappa shape index (κ1) is 15.3. The van der Waals surface area contributed by atoms with Gasteiger partial charge in [0.15, 0.2) is 0 Å². The van der Waals surface area contributed by atoms with Gasteiger partial charge in [0, 0.05) is 25.0 Å². The molecule has 5 heteroatoms. The summed E-state index contributed by atoms with van der Waals surface area (Å²) in [5, 5.41) is 18.5. The van der Waals surface area contributed by atoms with Gasteiger partial charge in [0.05, 0.1) is 6.07 Å². The van der Waals surface area contributed by atoms with Crippen LogP contribution in [-0.2, 0) is 6.54 Å². The molecular weight excluding hydrogens is 266 g/mol. The number of amides is 1. The second-order valence-electron chi connectivity index (χ2n) is 5.66. The molecule has 112 valence electrons. The van der Waals surface area contributed by atoms with E-state index in [1.807, 2.05) is 30.3 Å². The van der Waals surface area contributed by atoms with Gasteiger partial charge in [0.1, 0.15) is 0 Å². The van der Waals surface area contributed by atoms with Crippen molar-refractivity contribution < 1.29 is 9.90 Å². The van der Waals surface area contributed by atoms with Crippen LogP contribution in [0.15, 0.2) is 30.3 Å². The molecule has 1 aliphatic rings. The Morgan fingerprint density at radius 1 is 1.38 bits per heavy atom. The maximum absolute atomic E-state index is 11.7. The van der Waals surface area contributed by atoms with Gasteiger partial charge in [-0.3, -0.25) is 0 Å². The molecule has 0 bridgehead atoms. The summed E-state index contributed by atoms with van der Waals surface area (Å²) in [7, 11) is 0. The predicted molar refractivity (Wildman–Crippen MR) is 79.3 cm³/mol. The number of rotatable bonds is 4. The minimum atomic E-state index is -0.944. The maximum atomic E-state index is 11.7. The molecule has 3 atom stereocenters.